The van der Waals surface area contributed by atoms with Crippen LogP contribution in [0.25, 0.3) is 0 Å². The highest BCUT2D eigenvalue weighted by Gasteiger charge is 2.11. The molecule has 0 spiro atoms. The van der Waals surface area contributed by atoms with E-state index in [1.165, 1.54) is 17.0 Å². The smallest absolute Gasteiger partial charge is 0.387 e. The molecule has 128 valence electrons. The van der Waals surface area contributed by atoms with Gasteiger partial charge < -0.3 is 14.4 Å². The molecule has 2 aromatic rings. The number of amides is 1. The Hall–Kier alpha value is -2.15. The fourth-order valence-electron chi connectivity index (χ4n) is 1.92. The Kier molecular flexibility index (Phi) is 6.54. The molecule has 7 heteroatoms. The maximum Gasteiger partial charge on any atom is 0.387 e. The summed E-state index contributed by atoms with van der Waals surface area (Å²) in [5, 5.41) is 0. The number of hydrogen-bond donors (Lipinski definition) is 0. The molecule has 0 aliphatic heterocycles. The Labute approximate surface area is 147 Å². The first-order valence-electron chi connectivity index (χ1n) is 7.10. The highest BCUT2D eigenvalue weighted by molar-refractivity contribution is 9.10. The van der Waals surface area contributed by atoms with E-state index in [1.54, 1.807) is 31.3 Å². The van der Waals surface area contributed by atoms with Crippen LogP contribution in [0.2, 0.25) is 0 Å². The van der Waals surface area contributed by atoms with E-state index in [4.69, 9.17) is 4.74 Å². The topological polar surface area (TPSA) is 38.8 Å². The quantitative estimate of drug-likeness (QED) is 0.703. The Morgan fingerprint density at radius 2 is 1.67 bits per heavy atom. The van der Waals surface area contributed by atoms with Crippen LogP contribution < -0.4 is 9.47 Å². The molecular formula is C17H16BrF2NO3. The lowest BCUT2D eigenvalue weighted by Gasteiger charge is -2.18. The van der Waals surface area contributed by atoms with Crippen molar-refractivity contribution in [2.45, 2.75) is 13.2 Å². The predicted octanol–water partition coefficient (Wildman–Crippen LogP) is 4.09. The Bertz CT molecular complexity index is 663. The average Bonchev–Trinajstić information content (AvgIpc) is 2.55. The van der Waals surface area contributed by atoms with E-state index >= 15 is 0 Å². The number of likely N-dealkylation sites (N-methyl/N-ethyl adjacent to an activating group) is 1. The van der Waals surface area contributed by atoms with Crippen LogP contribution in [0, 0.1) is 0 Å². The fraction of sp³-hybridized carbons (Fsp3) is 0.235. The summed E-state index contributed by atoms with van der Waals surface area (Å²) in [7, 11) is 1.65. The number of carbonyl (C=O) groups is 1. The SMILES string of the molecule is CN(Cc1ccc(OC(F)F)cc1)C(=O)COc1ccc(Br)cc1. The predicted molar refractivity (Wildman–Crippen MR) is 89.2 cm³/mol. The van der Waals surface area contributed by atoms with E-state index in [-0.39, 0.29) is 18.3 Å². The number of hydrogen-bond acceptors (Lipinski definition) is 3. The van der Waals surface area contributed by atoms with Gasteiger partial charge in [-0.3, -0.25) is 4.79 Å². The van der Waals surface area contributed by atoms with Crippen LogP contribution in [0.3, 0.4) is 0 Å². The molecule has 0 N–H and O–H groups in total. The molecule has 0 aliphatic carbocycles. The van der Waals surface area contributed by atoms with Crippen molar-refractivity contribution in [1.82, 2.24) is 4.90 Å². The van der Waals surface area contributed by atoms with Crippen LogP contribution in [0.5, 0.6) is 11.5 Å². The second kappa shape index (κ2) is 8.63. The summed E-state index contributed by atoms with van der Waals surface area (Å²) in [5.74, 6) is 0.501. The molecule has 0 aliphatic rings. The number of alkyl halides is 2. The van der Waals surface area contributed by atoms with Crippen molar-refractivity contribution in [1.29, 1.82) is 0 Å². The average molecular weight is 400 g/mol. The molecule has 2 aromatic carbocycles. The van der Waals surface area contributed by atoms with Gasteiger partial charge in [-0.25, -0.2) is 0 Å². The van der Waals surface area contributed by atoms with Crippen molar-refractivity contribution in [3.05, 3.63) is 58.6 Å². The summed E-state index contributed by atoms with van der Waals surface area (Å²) in [6.45, 7) is -2.58. The highest BCUT2D eigenvalue weighted by Crippen LogP contribution is 2.17. The summed E-state index contributed by atoms with van der Waals surface area (Å²) in [6, 6.07) is 13.3. The van der Waals surface area contributed by atoms with Gasteiger partial charge in [-0.2, -0.15) is 8.78 Å². The van der Waals surface area contributed by atoms with Crippen LogP contribution in [-0.4, -0.2) is 31.1 Å². The number of rotatable bonds is 7. The van der Waals surface area contributed by atoms with E-state index in [1.807, 2.05) is 12.1 Å². The monoisotopic (exact) mass is 399 g/mol. The van der Waals surface area contributed by atoms with Crippen molar-refractivity contribution in [2.24, 2.45) is 0 Å². The zero-order chi connectivity index (χ0) is 17.5. The van der Waals surface area contributed by atoms with E-state index in [0.717, 1.165) is 10.0 Å². The maximum atomic E-state index is 12.1. The first-order valence-corrected chi connectivity index (χ1v) is 7.89. The van der Waals surface area contributed by atoms with E-state index in [2.05, 4.69) is 20.7 Å². The molecule has 0 radical (unpaired) electrons. The molecule has 0 aromatic heterocycles. The third kappa shape index (κ3) is 5.81. The molecule has 0 saturated heterocycles. The van der Waals surface area contributed by atoms with Gasteiger partial charge in [0.25, 0.3) is 5.91 Å². The van der Waals surface area contributed by atoms with Gasteiger partial charge in [0.15, 0.2) is 6.61 Å². The number of ether oxygens (including phenoxy) is 2. The van der Waals surface area contributed by atoms with Crippen molar-refractivity contribution >= 4 is 21.8 Å². The molecule has 0 unspecified atom stereocenters. The largest absolute Gasteiger partial charge is 0.484 e. The van der Waals surface area contributed by atoms with Crippen LogP contribution in [0.15, 0.2) is 53.0 Å². The van der Waals surface area contributed by atoms with E-state index < -0.39 is 6.61 Å². The van der Waals surface area contributed by atoms with Gasteiger partial charge in [0, 0.05) is 18.1 Å². The third-order valence-electron chi connectivity index (χ3n) is 3.17. The Morgan fingerprint density at radius 1 is 1.08 bits per heavy atom. The fourth-order valence-corrected chi connectivity index (χ4v) is 2.19. The van der Waals surface area contributed by atoms with Crippen LogP contribution >= 0.6 is 15.9 Å². The molecule has 0 heterocycles. The molecular weight excluding hydrogens is 384 g/mol. The molecule has 0 atom stereocenters. The van der Waals surface area contributed by atoms with Gasteiger partial charge in [-0.1, -0.05) is 28.1 Å². The lowest BCUT2D eigenvalue weighted by molar-refractivity contribution is -0.132. The van der Waals surface area contributed by atoms with Gasteiger partial charge in [0.1, 0.15) is 11.5 Å². The van der Waals surface area contributed by atoms with Crippen LogP contribution in [-0.2, 0) is 11.3 Å². The van der Waals surface area contributed by atoms with Crippen molar-refractivity contribution in [3.8, 4) is 11.5 Å². The minimum atomic E-state index is -2.85. The first-order chi connectivity index (χ1) is 11.4. The summed E-state index contributed by atoms with van der Waals surface area (Å²) in [5.41, 5.74) is 0.802. The number of halogens is 3. The highest BCUT2D eigenvalue weighted by atomic mass is 79.9. The van der Waals surface area contributed by atoms with Crippen molar-refractivity contribution in [3.63, 3.8) is 0 Å². The van der Waals surface area contributed by atoms with Gasteiger partial charge in [0.2, 0.25) is 0 Å². The van der Waals surface area contributed by atoms with Gasteiger partial charge in [-0.05, 0) is 42.0 Å². The lowest BCUT2D eigenvalue weighted by Crippen LogP contribution is -2.30. The molecule has 4 nitrogen and oxygen atoms in total. The number of carbonyl (C=O) groups excluding carboxylic acids is 1. The maximum absolute atomic E-state index is 12.1. The lowest BCUT2D eigenvalue weighted by atomic mass is 10.2. The molecule has 1 amide bonds. The molecule has 0 fully saturated rings. The van der Waals surface area contributed by atoms with Crippen molar-refractivity contribution < 1.29 is 23.0 Å². The van der Waals surface area contributed by atoms with E-state index in [0.29, 0.717) is 12.3 Å². The second-order valence-electron chi connectivity index (χ2n) is 5.01. The minimum Gasteiger partial charge on any atom is -0.484 e. The normalized spacial score (nSPS) is 10.5. The van der Waals surface area contributed by atoms with Gasteiger partial charge in [-0.15, -0.1) is 0 Å². The summed E-state index contributed by atoms with van der Waals surface area (Å²) in [6.07, 6.45) is 0. The number of nitrogens with zero attached hydrogens (tertiary/aromatic N) is 1. The number of benzene rings is 2. The zero-order valence-electron chi connectivity index (χ0n) is 12.9. The Morgan fingerprint density at radius 3 is 2.25 bits per heavy atom. The summed E-state index contributed by atoms with van der Waals surface area (Å²) in [4.78, 5) is 13.6. The Balaban J connectivity index is 1.83. The second-order valence-corrected chi connectivity index (χ2v) is 5.93. The summed E-state index contributed by atoms with van der Waals surface area (Å²) >= 11 is 3.32. The zero-order valence-corrected chi connectivity index (χ0v) is 14.5. The van der Waals surface area contributed by atoms with Crippen LogP contribution in [0.4, 0.5) is 8.78 Å². The first kappa shape index (κ1) is 18.2. The molecule has 0 bridgehead atoms. The van der Waals surface area contributed by atoms with Gasteiger partial charge in [0.05, 0.1) is 0 Å². The summed E-state index contributed by atoms with van der Waals surface area (Å²) < 4.78 is 34.8. The van der Waals surface area contributed by atoms with E-state index in [9.17, 15) is 13.6 Å². The van der Waals surface area contributed by atoms with Crippen molar-refractivity contribution in [2.75, 3.05) is 13.7 Å². The van der Waals surface area contributed by atoms with Gasteiger partial charge >= 0.3 is 6.61 Å². The standard InChI is InChI=1S/C17H16BrF2NO3/c1-21(10-12-2-6-15(7-3-12)24-17(19)20)16(22)11-23-14-8-4-13(18)5-9-14/h2-9,17H,10-11H2,1H3. The molecule has 2 rings (SSSR count). The molecule has 24 heavy (non-hydrogen) atoms. The third-order valence-corrected chi connectivity index (χ3v) is 3.70. The van der Waals surface area contributed by atoms with Crippen LogP contribution in [0.1, 0.15) is 5.56 Å². The minimum absolute atomic E-state index is 0.0787. The molecule has 0 saturated carbocycles.